The summed E-state index contributed by atoms with van der Waals surface area (Å²) in [6.07, 6.45) is 0. The van der Waals surface area contributed by atoms with Gasteiger partial charge in [0.05, 0.1) is 18.7 Å². The Morgan fingerprint density at radius 2 is 1.68 bits per heavy atom. The number of halogens is 1. The Balaban J connectivity index is 1.94. The van der Waals surface area contributed by atoms with Crippen LogP contribution in [0.5, 0.6) is 5.75 Å². The molecule has 0 spiro atoms. The highest BCUT2D eigenvalue weighted by molar-refractivity contribution is 6.51. The molecule has 3 aromatic rings. The second-order valence-corrected chi connectivity index (χ2v) is 7.29. The van der Waals surface area contributed by atoms with Crippen molar-refractivity contribution in [3.63, 3.8) is 0 Å². The number of ketones is 1. The number of aliphatic hydroxyl groups excluding tert-OH is 1. The number of hydrogen-bond donors (Lipinski definition) is 1. The van der Waals surface area contributed by atoms with Crippen LogP contribution in [0.1, 0.15) is 22.7 Å². The van der Waals surface area contributed by atoms with Crippen LogP contribution in [0.25, 0.3) is 5.76 Å². The van der Waals surface area contributed by atoms with Gasteiger partial charge in [-0.2, -0.15) is 0 Å². The number of aliphatic hydroxyl groups is 1. The van der Waals surface area contributed by atoms with Gasteiger partial charge in [0, 0.05) is 17.3 Å². The van der Waals surface area contributed by atoms with E-state index in [1.54, 1.807) is 48.5 Å². The van der Waals surface area contributed by atoms with Crippen molar-refractivity contribution in [3.05, 3.63) is 101 Å². The van der Waals surface area contributed by atoms with Gasteiger partial charge in [-0.25, -0.2) is 4.39 Å². The highest BCUT2D eigenvalue weighted by Gasteiger charge is 2.47. The van der Waals surface area contributed by atoms with Crippen molar-refractivity contribution in [2.24, 2.45) is 0 Å². The zero-order valence-corrected chi connectivity index (χ0v) is 17.0. The Hall–Kier alpha value is -3.93. The predicted molar refractivity (Wildman–Crippen MR) is 115 cm³/mol. The normalized spacial score (nSPS) is 17.8. The van der Waals surface area contributed by atoms with Crippen molar-refractivity contribution >= 4 is 23.1 Å². The van der Waals surface area contributed by atoms with Crippen LogP contribution in [0.3, 0.4) is 0 Å². The number of carbonyl (C=O) groups is 2. The summed E-state index contributed by atoms with van der Waals surface area (Å²) in [7, 11) is 1.50. The number of anilines is 1. The van der Waals surface area contributed by atoms with Crippen LogP contribution in [0.2, 0.25) is 0 Å². The third kappa shape index (κ3) is 3.68. The first-order chi connectivity index (χ1) is 14.9. The van der Waals surface area contributed by atoms with Gasteiger partial charge in [0.1, 0.15) is 17.3 Å². The molecule has 0 radical (unpaired) electrons. The molecule has 0 saturated carbocycles. The maximum atomic E-state index is 13.6. The SMILES string of the molecule is COc1cccc(N2C(=O)C(=O)/C(=C(/O)c3ccc(C)cc3)C2c2ccc(F)cc2)c1. The van der Waals surface area contributed by atoms with E-state index in [0.717, 1.165) is 5.56 Å². The van der Waals surface area contributed by atoms with E-state index in [1.165, 1.54) is 36.3 Å². The van der Waals surface area contributed by atoms with Gasteiger partial charge in [-0.3, -0.25) is 14.5 Å². The molecular weight excluding hydrogens is 397 g/mol. The maximum Gasteiger partial charge on any atom is 0.300 e. The van der Waals surface area contributed by atoms with E-state index in [0.29, 0.717) is 22.6 Å². The summed E-state index contributed by atoms with van der Waals surface area (Å²) in [6.45, 7) is 1.91. The van der Waals surface area contributed by atoms with E-state index in [-0.39, 0.29) is 11.3 Å². The van der Waals surface area contributed by atoms with Crippen LogP contribution >= 0.6 is 0 Å². The lowest BCUT2D eigenvalue weighted by atomic mass is 9.95. The summed E-state index contributed by atoms with van der Waals surface area (Å²) in [4.78, 5) is 27.4. The Labute approximate surface area is 179 Å². The Morgan fingerprint density at radius 1 is 1.00 bits per heavy atom. The minimum absolute atomic E-state index is 0.0525. The molecule has 3 aromatic carbocycles. The molecule has 1 N–H and O–H groups in total. The zero-order valence-electron chi connectivity index (χ0n) is 17.0. The molecule has 1 fully saturated rings. The summed E-state index contributed by atoms with van der Waals surface area (Å²) in [5.41, 5.74) is 2.28. The number of benzene rings is 3. The molecule has 0 bridgehead atoms. The van der Waals surface area contributed by atoms with Crippen LogP contribution in [0, 0.1) is 12.7 Å². The molecule has 1 unspecified atom stereocenters. The van der Waals surface area contributed by atoms with Crippen LogP contribution in [-0.4, -0.2) is 23.9 Å². The number of amides is 1. The fourth-order valence-corrected chi connectivity index (χ4v) is 3.69. The lowest BCUT2D eigenvalue weighted by Crippen LogP contribution is -2.29. The number of rotatable bonds is 4. The minimum atomic E-state index is -0.922. The summed E-state index contributed by atoms with van der Waals surface area (Å²) < 4.78 is 18.8. The molecule has 4 rings (SSSR count). The highest BCUT2D eigenvalue weighted by atomic mass is 19.1. The van der Waals surface area contributed by atoms with E-state index in [2.05, 4.69) is 0 Å². The van der Waals surface area contributed by atoms with Crippen molar-refractivity contribution in [1.82, 2.24) is 0 Å². The van der Waals surface area contributed by atoms with Crippen LogP contribution in [0.4, 0.5) is 10.1 Å². The van der Waals surface area contributed by atoms with E-state index >= 15 is 0 Å². The number of Topliss-reactive ketones (excluding diaryl/α,β-unsaturated/α-hetero) is 1. The average molecular weight is 417 g/mol. The third-order valence-electron chi connectivity index (χ3n) is 5.29. The van der Waals surface area contributed by atoms with E-state index in [1.807, 2.05) is 6.92 Å². The van der Waals surface area contributed by atoms with Crippen LogP contribution < -0.4 is 9.64 Å². The quantitative estimate of drug-likeness (QED) is 0.377. The summed E-state index contributed by atoms with van der Waals surface area (Å²) >= 11 is 0. The summed E-state index contributed by atoms with van der Waals surface area (Å²) in [5, 5.41) is 11.0. The maximum absolute atomic E-state index is 13.6. The fraction of sp³-hybridized carbons (Fsp3) is 0.120. The molecule has 5 nitrogen and oxygen atoms in total. The number of aryl methyl sites for hydroxylation is 1. The zero-order chi connectivity index (χ0) is 22.1. The monoisotopic (exact) mass is 417 g/mol. The third-order valence-corrected chi connectivity index (χ3v) is 5.29. The average Bonchev–Trinajstić information content (AvgIpc) is 3.05. The van der Waals surface area contributed by atoms with Crippen molar-refractivity contribution in [1.29, 1.82) is 0 Å². The molecule has 0 aromatic heterocycles. The number of nitrogens with zero attached hydrogens (tertiary/aromatic N) is 1. The van der Waals surface area contributed by atoms with Gasteiger partial charge in [0.2, 0.25) is 0 Å². The summed E-state index contributed by atoms with van der Waals surface area (Å²) in [5.74, 6) is -1.80. The lowest BCUT2D eigenvalue weighted by molar-refractivity contribution is -0.132. The highest BCUT2D eigenvalue weighted by Crippen LogP contribution is 2.42. The van der Waals surface area contributed by atoms with Gasteiger partial charge in [0.15, 0.2) is 0 Å². The fourth-order valence-electron chi connectivity index (χ4n) is 3.69. The minimum Gasteiger partial charge on any atom is -0.507 e. The first kappa shape index (κ1) is 20.3. The molecular formula is C25H20FNO4. The van der Waals surface area contributed by atoms with Crippen molar-refractivity contribution < 1.29 is 23.8 Å². The number of methoxy groups -OCH3 is 1. The number of hydrogen-bond acceptors (Lipinski definition) is 4. The first-order valence-corrected chi connectivity index (χ1v) is 9.68. The van der Waals surface area contributed by atoms with Gasteiger partial charge in [0.25, 0.3) is 11.7 Å². The molecule has 156 valence electrons. The standard InChI is InChI=1S/C25H20FNO4/c1-15-6-8-17(9-7-15)23(28)21-22(16-10-12-18(26)13-11-16)27(25(30)24(21)29)19-4-3-5-20(14-19)31-2/h3-14,22,28H,1-2H3/b23-21+. The molecule has 6 heteroatoms. The summed E-state index contributed by atoms with van der Waals surface area (Å²) in [6, 6.07) is 18.3. The van der Waals surface area contributed by atoms with Gasteiger partial charge >= 0.3 is 0 Å². The Kier molecular flexibility index (Phi) is 5.29. The second-order valence-electron chi connectivity index (χ2n) is 7.29. The van der Waals surface area contributed by atoms with Gasteiger partial charge in [-0.15, -0.1) is 0 Å². The number of ether oxygens (including phenoxy) is 1. The largest absolute Gasteiger partial charge is 0.507 e. The molecule has 0 aliphatic carbocycles. The topological polar surface area (TPSA) is 66.8 Å². The predicted octanol–water partition coefficient (Wildman–Crippen LogP) is 4.77. The molecule has 1 heterocycles. The molecule has 1 atom stereocenters. The van der Waals surface area contributed by atoms with Gasteiger partial charge < -0.3 is 9.84 Å². The Bertz CT molecular complexity index is 1180. The van der Waals surface area contributed by atoms with Gasteiger partial charge in [-0.05, 0) is 36.8 Å². The van der Waals surface area contributed by atoms with Gasteiger partial charge in [-0.1, -0.05) is 48.0 Å². The lowest BCUT2D eigenvalue weighted by Gasteiger charge is -2.25. The molecule has 1 aliphatic rings. The Morgan fingerprint density at radius 3 is 2.32 bits per heavy atom. The van der Waals surface area contributed by atoms with Crippen molar-refractivity contribution in [3.8, 4) is 5.75 Å². The molecule has 1 amide bonds. The van der Waals surface area contributed by atoms with Crippen LogP contribution in [-0.2, 0) is 9.59 Å². The van der Waals surface area contributed by atoms with E-state index in [9.17, 15) is 19.1 Å². The molecule has 1 saturated heterocycles. The molecule has 31 heavy (non-hydrogen) atoms. The van der Waals surface area contributed by atoms with E-state index in [4.69, 9.17) is 4.74 Å². The van der Waals surface area contributed by atoms with Crippen LogP contribution in [0.15, 0.2) is 78.4 Å². The smallest absolute Gasteiger partial charge is 0.300 e. The molecule has 1 aliphatic heterocycles. The second kappa shape index (κ2) is 8.07. The van der Waals surface area contributed by atoms with Crippen molar-refractivity contribution in [2.75, 3.05) is 12.0 Å². The van der Waals surface area contributed by atoms with Crippen molar-refractivity contribution in [2.45, 2.75) is 13.0 Å². The first-order valence-electron chi connectivity index (χ1n) is 9.68. The van der Waals surface area contributed by atoms with E-state index < -0.39 is 23.5 Å². The number of carbonyl (C=O) groups excluding carboxylic acids is 2.